The normalized spacial score (nSPS) is 15.6. The van der Waals surface area contributed by atoms with Gasteiger partial charge in [-0.1, -0.05) is 32.0 Å². The molecule has 0 aromatic heterocycles. The van der Waals surface area contributed by atoms with Gasteiger partial charge >= 0.3 is 0 Å². The molecule has 1 aliphatic rings. The maximum atomic E-state index is 13.9. The van der Waals surface area contributed by atoms with Gasteiger partial charge in [-0.2, -0.15) is 0 Å². The lowest BCUT2D eigenvalue weighted by Gasteiger charge is -2.29. The Bertz CT molecular complexity index is 1040. The van der Waals surface area contributed by atoms with E-state index in [1.165, 1.54) is 0 Å². The molecule has 36 heavy (non-hydrogen) atoms. The molecule has 0 spiro atoms. The summed E-state index contributed by atoms with van der Waals surface area (Å²) in [6.45, 7) is 11.1. The molecular weight excluding hydrogens is 452 g/mol. The number of carbonyl (C=O) groups excluding carboxylic acids is 2. The fourth-order valence-electron chi connectivity index (χ4n) is 4.90. The molecule has 0 fully saturated rings. The van der Waals surface area contributed by atoms with Crippen LogP contribution in [0.1, 0.15) is 48.7 Å². The molecule has 0 unspecified atom stereocenters. The van der Waals surface area contributed by atoms with Crippen LogP contribution in [-0.2, 0) is 17.9 Å². The number of nitrogens with zero attached hydrogens (tertiary/aromatic N) is 4. The first-order chi connectivity index (χ1) is 17.2. The summed E-state index contributed by atoms with van der Waals surface area (Å²) in [7, 11) is 5.66. The molecule has 3 rings (SSSR count). The average molecular weight is 495 g/mol. The van der Waals surface area contributed by atoms with Gasteiger partial charge < -0.3 is 24.3 Å². The number of ether oxygens (including phenoxy) is 1. The molecule has 0 N–H and O–H groups in total. The lowest BCUT2D eigenvalue weighted by Crippen LogP contribution is -2.40. The van der Waals surface area contributed by atoms with Crippen LogP contribution in [0.5, 0.6) is 5.75 Å². The van der Waals surface area contributed by atoms with Gasteiger partial charge in [0.15, 0.2) is 0 Å². The summed E-state index contributed by atoms with van der Waals surface area (Å²) in [4.78, 5) is 34.8. The summed E-state index contributed by atoms with van der Waals surface area (Å²) in [5.74, 6) is 1.32. The maximum absolute atomic E-state index is 13.9. The van der Waals surface area contributed by atoms with Crippen LogP contribution in [0.4, 0.5) is 5.69 Å². The third kappa shape index (κ3) is 7.31. The minimum Gasteiger partial charge on any atom is -0.496 e. The lowest BCUT2D eigenvalue weighted by molar-refractivity contribution is -0.116. The predicted molar refractivity (Wildman–Crippen MR) is 145 cm³/mol. The molecule has 0 bridgehead atoms. The van der Waals surface area contributed by atoms with Gasteiger partial charge in [-0.25, -0.2) is 0 Å². The second kappa shape index (κ2) is 12.9. The van der Waals surface area contributed by atoms with Crippen molar-refractivity contribution in [3.05, 3.63) is 59.2 Å². The molecule has 1 heterocycles. The molecule has 2 amide bonds. The number of benzene rings is 2. The Morgan fingerprint density at radius 1 is 1.03 bits per heavy atom. The van der Waals surface area contributed by atoms with E-state index in [1.807, 2.05) is 66.4 Å². The monoisotopic (exact) mass is 494 g/mol. The largest absolute Gasteiger partial charge is 0.496 e. The number of anilines is 1. The first-order valence-corrected chi connectivity index (χ1v) is 12.9. The van der Waals surface area contributed by atoms with Crippen LogP contribution in [0.25, 0.3) is 0 Å². The van der Waals surface area contributed by atoms with Crippen LogP contribution in [0.15, 0.2) is 42.5 Å². The molecule has 7 heteroatoms. The second-order valence-corrected chi connectivity index (χ2v) is 10.3. The number of rotatable bonds is 6. The van der Waals surface area contributed by atoms with Crippen LogP contribution in [0, 0.1) is 5.92 Å². The van der Waals surface area contributed by atoms with Crippen LogP contribution in [-0.4, -0.2) is 80.4 Å². The molecule has 0 saturated carbocycles. The Balaban J connectivity index is 1.99. The number of amides is 2. The molecule has 0 aliphatic carbocycles. The molecular formula is C29H42N4O3. The van der Waals surface area contributed by atoms with Crippen molar-refractivity contribution in [2.45, 2.75) is 40.3 Å². The van der Waals surface area contributed by atoms with Gasteiger partial charge in [0.25, 0.3) is 5.91 Å². The molecule has 196 valence electrons. The number of hydrogen-bond acceptors (Lipinski definition) is 5. The third-order valence-electron chi connectivity index (χ3n) is 6.49. The number of methoxy groups -OCH3 is 1. The van der Waals surface area contributed by atoms with E-state index in [2.05, 4.69) is 23.6 Å². The Morgan fingerprint density at radius 3 is 2.44 bits per heavy atom. The first kappa shape index (κ1) is 27.7. The van der Waals surface area contributed by atoms with Crippen LogP contribution < -0.4 is 9.64 Å². The Morgan fingerprint density at radius 2 is 1.78 bits per heavy atom. The first-order valence-electron chi connectivity index (χ1n) is 12.9. The smallest absolute Gasteiger partial charge is 0.254 e. The summed E-state index contributed by atoms with van der Waals surface area (Å²) in [5.41, 5.74) is 3.51. The average Bonchev–Trinajstić information content (AvgIpc) is 2.86. The van der Waals surface area contributed by atoms with Gasteiger partial charge in [-0.15, -0.1) is 0 Å². The molecule has 7 nitrogen and oxygen atoms in total. The summed E-state index contributed by atoms with van der Waals surface area (Å²) in [6, 6.07) is 13.6. The highest BCUT2D eigenvalue weighted by molar-refractivity contribution is 5.95. The van der Waals surface area contributed by atoms with E-state index in [1.54, 1.807) is 14.0 Å². The van der Waals surface area contributed by atoms with Crippen LogP contribution in [0.2, 0.25) is 0 Å². The molecule has 2 aromatic carbocycles. The van der Waals surface area contributed by atoms with Gasteiger partial charge in [0.2, 0.25) is 5.91 Å². The van der Waals surface area contributed by atoms with E-state index in [0.29, 0.717) is 37.7 Å². The molecule has 1 aliphatic heterocycles. The number of carbonyl (C=O) groups is 2. The van der Waals surface area contributed by atoms with E-state index in [9.17, 15) is 9.59 Å². The number of hydrogen-bond donors (Lipinski definition) is 0. The van der Waals surface area contributed by atoms with Gasteiger partial charge in [0.05, 0.1) is 7.11 Å². The van der Waals surface area contributed by atoms with E-state index < -0.39 is 0 Å². The molecule has 0 saturated heterocycles. The fraction of sp³-hybridized carbons (Fsp3) is 0.517. The summed E-state index contributed by atoms with van der Waals surface area (Å²) in [5, 5.41) is 0. The minimum absolute atomic E-state index is 0.00872. The Hall–Kier alpha value is -2.90. The van der Waals surface area contributed by atoms with E-state index in [-0.39, 0.29) is 11.8 Å². The van der Waals surface area contributed by atoms with Crippen molar-refractivity contribution in [3.8, 4) is 5.75 Å². The van der Waals surface area contributed by atoms with Crippen molar-refractivity contribution in [1.29, 1.82) is 0 Å². The maximum Gasteiger partial charge on any atom is 0.254 e. The highest BCUT2D eigenvalue weighted by Crippen LogP contribution is 2.26. The van der Waals surface area contributed by atoms with Crippen molar-refractivity contribution in [2.75, 3.05) is 58.8 Å². The summed E-state index contributed by atoms with van der Waals surface area (Å²) in [6.07, 6.45) is 0.890. The van der Waals surface area contributed by atoms with Crippen molar-refractivity contribution in [2.24, 2.45) is 5.92 Å². The van der Waals surface area contributed by atoms with Crippen LogP contribution >= 0.6 is 0 Å². The highest BCUT2D eigenvalue weighted by atomic mass is 16.5. The zero-order valence-electron chi connectivity index (χ0n) is 22.8. The predicted octanol–water partition coefficient (Wildman–Crippen LogP) is 4.11. The molecule has 0 atom stereocenters. The highest BCUT2D eigenvalue weighted by Gasteiger charge is 2.24. The Kier molecular flexibility index (Phi) is 9.90. The summed E-state index contributed by atoms with van der Waals surface area (Å²) < 4.78 is 5.54. The summed E-state index contributed by atoms with van der Waals surface area (Å²) >= 11 is 0. The number of para-hydroxylation sites is 1. The van der Waals surface area contributed by atoms with Gasteiger partial charge in [-0.05, 0) is 62.8 Å². The standard InChI is InChI=1S/C29H42N4O3/c1-22(2)19-31-14-9-15-33(23(3)34)27-11-8-7-10-25(27)21-32(17-16-31)29(35)24-12-13-28(36-6)26(18-24)20-30(4)5/h7-8,10-13,18,22H,9,14-17,19-21H2,1-6H3. The topological polar surface area (TPSA) is 56.3 Å². The minimum atomic E-state index is -0.00872. The van der Waals surface area contributed by atoms with E-state index in [0.717, 1.165) is 48.6 Å². The van der Waals surface area contributed by atoms with Crippen molar-refractivity contribution in [1.82, 2.24) is 14.7 Å². The fourth-order valence-corrected chi connectivity index (χ4v) is 4.90. The number of fused-ring (bicyclic) bond motifs is 1. The van der Waals surface area contributed by atoms with Crippen LogP contribution in [0.3, 0.4) is 0 Å². The third-order valence-corrected chi connectivity index (χ3v) is 6.49. The quantitative estimate of drug-likeness (QED) is 0.605. The second-order valence-electron chi connectivity index (χ2n) is 10.3. The zero-order chi connectivity index (χ0) is 26.2. The Labute approximate surface area is 216 Å². The zero-order valence-corrected chi connectivity index (χ0v) is 22.8. The van der Waals surface area contributed by atoms with E-state index >= 15 is 0 Å². The molecule has 0 radical (unpaired) electrons. The van der Waals surface area contributed by atoms with Gasteiger partial charge in [0.1, 0.15) is 5.75 Å². The van der Waals surface area contributed by atoms with Gasteiger partial charge in [-0.3, -0.25) is 9.59 Å². The lowest BCUT2D eigenvalue weighted by atomic mass is 10.1. The van der Waals surface area contributed by atoms with Gasteiger partial charge in [0, 0.05) is 63.0 Å². The van der Waals surface area contributed by atoms with Crippen molar-refractivity contribution < 1.29 is 14.3 Å². The van der Waals surface area contributed by atoms with E-state index in [4.69, 9.17) is 4.74 Å². The SMILES string of the molecule is COc1ccc(C(=O)N2CCN(CC(C)C)CCCN(C(C)=O)c3ccccc3C2)cc1CN(C)C. The molecule has 2 aromatic rings. The van der Waals surface area contributed by atoms with Crippen molar-refractivity contribution >= 4 is 17.5 Å². The van der Waals surface area contributed by atoms with Crippen molar-refractivity contribution in [3.63, 3.8) is 0 Å².